The molecule has 1 N–H and O–H groups in total. The Kier molecular flexibility index (Phi) is 8.90. The van der Waals surface area contributed by atoms with Crippen LogP contribution in [0.2, 0.25) is 5.02 Å². The molecular formula is C21H25BrClN3O4S. The van der Waals surface area contributed by atoms with Crippen LogP contribution in [-0.4, -0.2) is 50.5 Å². The van der Waals surface area contributed by atoms with Gasteiger partial charge in [-0.3, -0.25) is 13.9 Å². The molecule has 0 heterocycles. The minimum atomic E-state index is -3.78. The first-order chi connectivity index (χ1) is 14.5. The molecule has 0 saturated heterocycles. The molecule has 1 atom stereocenters. The molecule has 2 aromatic rings. The zero-order valence-corrected chi connectivity index (χ0v) is 20.7. The van der Waals surface area contributed by atoms with Crippen molar-refractivity contribution in [1.82, 2.24) is 10.2 Å². The number of amides is 2. The number of nitrogens with zero attached hydrogens (tertiary/aromatic N) is 2. The second kappa shape index (κ2) is 11.0. The Hall–Kier alpha value is -2.10. The first-order valence-electron chi connectivity index (χ1n) is 9.57. The van der Waals surface area contributed by atoms with E-state index in [9.17, 15) is 18.0 Å². The number of benzene rings is 2. The standard InChI is InChI=1S/C21H25BrClN3O4S/c1-4-24-21(28)15(2)25(13-16-7-5-8-17(22)11-16)20(27)14-26(31(3,29)30)19-10-6-9-18(23)12-19/h5-12,15H,4,13-14H2,1-3H3,(H,24,28)/t15-/m1/s1. The maximum Gasteiger partial charge on any atom is 0.244 e. The van der Waals surface area contributed by atoms with Gasteiger partial charge in [-0.25, -0.2) is 8.42 Å². The molecular weight excluding hydrogens is 506 g/mol. The number of nitrogens with one attached hydrogen (secondary N) is 1. The van der Waals surface area contributed by atoms with Gasteiger partial charge in [0.15, 0.2) is 0 Å². The molecule has 0 unspecified atom stereocenters. The number of anilines is 1. The van der Waals surface area contributed by atoms with Gasteiger partial charge in [0.25, 0.3) is 0 Å². The van der Waals surface area contributed by atoms with Gasteiger partial charge in [-0.1, -0.05) is 45.7 Å². The van der Waals surface area contributed by atoms with E-state index in [4.69, 9.17) is 11.6 Å². The fraction of sp³-hybridized carbons (Fsp3) is 0.333. The van der Waals surface area contributed by atoms with E-state index >= 15 is 0 Å². The Morgan fingerprint density at radius 1 is 1.16 bits per heavy atom. The highest BCUT2D eigenvalue weighted by Gasteiger charge is 2.30. The Bertz CT molecular complexity index is 1050. The van der Waals surface area contributed by atoms with Crippen LogP contribution < -0.4 is 9.62 Å². The second-order valence-corrected chi connectivity index (χ2v) is 10.2. The number of carbonyl (C=O) groups excluding carboxylic acids is 2. The fourth-order valence-corrected chi connectivity index (χ4v) is 4.45. The number of carbonyl (C=O) groups is 2. The molecule has 0 fully saturated rings. The Morgan fingerprint density at radius 3 is 2.42 bits per heavy atom. The molecule has 0 bridgehead atoms. The highest BCUT2D eigenvalue weighted by atomic mass is 79.9. The van der Waals surface area contributed by atoms with Crippen molar-refractivity contribution in [1.29, 1.82) is 0 Å². The fourth-order valence-electron chi connectivity index (χ4n) is 2.98. The number of sulfonamides is 1. The van der Waals surface area contributed by atoms with E-state index in [1.165, 1.54) is 11.0 Å². The van der Waals surface area contributed by atoms with Gasteiger partial charge in [0.2, 0.25) is 21.8 Å². The summed E-state index contributed by atoms with van der Waals surface area (Å²) in [5.41, 5.74) is 1.07. The third-order valence-corrected chi connectivity index (χ3v) is 6.40. The van der Waals surface area contributed by atoms with Crippen molar-refractivity contribution in [3.05, 3.63) is 63.6 Å². The summed E-state index contributed by atoms with van der Waals surface area (Å²) in [6, 6.07) is 12.8. The van der Waals surface area contributed by atoms with E-state index in [0.717, 1.165) is 20.6 Å². The predicted molar refractivity (Wildman–Crippen MR) is 126 cm³/mol. The number of halogens is 2. The smallest absolute Gasteiger partial charge is 0.244 e. The van der Waals surface area contributed by atoms with Crippen LogP contribution in [0.25, 0.3) is 0 Å². The van der Waals surface area contributed by atoms with Crippen LogP contribution in [0.15, 0.2) is 53.0 Å². The summed E-state index contributed by atoms with van der Waals surface area (Å²) in [6.45, 7) is 3.50. The Labute approximate surface area is 196 Å². The van der Waals surface area contributed by atoms with Crippen LogP contribution in [0.5, 0.6) is 0 Å². The van der Waals surface area contributed by atoms with Gasteiger partial charge in [0, 0.05) is 22.6 Å². The van der Waals surface area contributed by atoms with E-state index in [1.54, 1.807) is 32.0 Å². The predicted octanol–water partition coefficient (Wildman–Crippen LogP) is 3.42. The number of likely N-dealkylation sites (N-methyl/N-ethyl adjacent to an activating group) is 1. The monoisotopic (exact) mass is 529 g/mol. The Morgan fingerprint density at radius 2 is 1.84 bits per heavy atom. The summed E-state index contributed by atoms with van der Waals surface area (Å²) >= 11 is 9.41. The molecule has 0 aliphatic carbocycles. The van der Waals surface area contributed by atoms with Crippen molar-refractivity contribution >= 4 is 55.1 Å². The zero-order valence-electron chi connectivity index (χ0n) is 17.5. The second-order valence-electron chi connectivity index (χ2n) is 6.97. The highest BCUT2D eigenvalue weighted by molar-refractivity contribution is 9.10. The van der Waals surface area contributed by atoms with Crippen molar-refractivity contribution in [2.75, 3.05) is 23.7 Å². The van der Waals surface area contributed by atoms with Crippen molar-refractivity contribution in [2.24, 2.45) is 0 Å². The van der Waals surface area contributed by atoms with Crippen molar-refractivity contribution < 1.29 is 18.0 Å². The first-order valence-corrected chi connectivity index (χ1v) is 12.6. The van der Waals surface area contributed by atoms with Crippen molar-refractivity contribution in [3.63, 3.8) is 0 Å². The summed E-state index contributed by atoms with van der Waals surface area (Å²) in [4.78, 5) is 27.1. The Balaban J connectivity index is 2.38. The van der Waals surface area contributed by atoms with Crippen molar-refractivity contribution in [2.45, 2.75) is 26.4 Å². The molecule has 2 amide bonds. The molecule has 168 valence electrons. The van der Waals surface area contributed by atoms with Crippen LogP contribution in [0.3, 0.4) is 0 Å². The molecule has 2 aromatic carbocycles. The van der Waals surface area contributed by atoms with Crippen LogP contribution in [0.4, 0.5) is 5.69 Å². The topological polar surface area (TPSA) is 86.8 Å². The van der Waals surface area contributed by atoms with Gasteiger partial charge in [-0.2, -0.15) is 0 Å². The maximum atomic E-state index is 13.3. The third-order valence-electron chi connectivity index (χ3n) is 4.54. The first kappa shape index (κ1) is 25.2. The number of rotatable bonds is 9. The summed E-state index contributed by atoms with van der Waals surface area (Å²) in [5.74, 6) is -0.830. The zero-order chi connectivity index (χ0) is 23.2. The van der Waals surface area contributed by atoms with E-state index in [-0.39, 0.29) is 18.1 Å². The molecule has 7 nitrogen and oxygen atoms in total. The lowest BCUT2D eigenvalue weighted by Crippen LogP contribution is -2.51. The molecule has 0 aliphatic rings. The largest absolute Gasteiger partial charge is 0.355 e. The average Bonchev–Trinajstić information content (AvgIpc) is 2.69. The molecule has 2 rings (SSSR count). The van der Waals surface area contributed by atoms with Gasteiger partial charge < -0.3 is 10.2 Å². The lowest BCUT2D eigenvalue weighted by Gasteiger charge is -2.31. The van der Waals surface area contributed by atoms with E-state index in [0.29, 0.717) is 11.6 Å². The van der Waals surface area contributed by atoms with Gasteiger partial charge in [-0.15, -0.1) is 0 Å². The SMILES string of the molecule is CCNC(=O)[C@@H](C)N(Cc1cccc(Br)c1)C(=O)CN(c1cccc(Cl)c1)S(C)(=O)=O. The van der Waals surface area contributed by atoms with Gasteiger partial charge >= 0.3 is 0 Å². The third kappa shape index (κ3) is 7.22. The lowest BCUT2D eigenvalue weighted by molar-refractivity contribution is -0.139. The molecule has 0 aliphatic heterocycles. The van der Waals surface area contributed by atoms with Crippen LogP contribution in [0, 0.1) is 0 Å². The summed E-state index contributed by atoms with van der Waals surface area (Å²) < 4.78 is 26.7. The molecule has 0 spiro atoms. The highest BCUT2D eigenvalue weighted by Crippen LogP contribution is 2.23. The molecule has 0 aromatic heterocycles. The van der Waals surface area contributed by atoms with Gasteiger partial charge in [-0.05, 0) is 49.7 Å². The van der Waals surface area contributed by atoms with E-state index < -0.39 is 28.5 Å². The lowest BCUT2D eigenvalue weighted by atomic mass is 10.1. The summed E-state index contributed by atoms with van der Waals surface area (Å²) in [7, 11) is -3.78. The summed E-state index contributed by atoms with van der Waals surface area (Å²) in [5, 5.41) is 3.06. The quantitative estimate of drug-likeness (QED) is 0.538. The van der Waals surface area contributed by atoms with Crippen molar-refractivity contribution in [3.8, 4) is 0 Å². The van der Waals surface area contributed by atoms with E-state index in [1.807, 2.05) is 24.3 Å². The summed E-state index contributed by atoms with van der Waals surface area (Å²) in [6.07, 6.45) is 1.02. The van der Waals surface area contributed by atoms with Gasteiger partial charge in [0.1, 0.15) is 12.6 Å². The van der Waals surface area contributed by atoms with Crippen LogP contribution >= 0.6 is 27.5 Å². The van der Waals surface area contributed by atoms with Gasteiger partial charge in [0.05, 0.1) is 11.9 Å². The number of hydrogen-bond donors (Lipinski definition) is 1. The minimum absolute atomic E-state index is 0.143. The number of hydrogen-bond acceptors (Lipinski definition) is 4. The molecule has 0 saturated carbocycles. The molecule has 0 radical (unpaired) electrons. The normalized spacial score (nSPS) is 12.2. The maximum absolute atomic E-state index is 13.3. The average molecular weight is 531 g/mol. The molecule has 10 heteroatoms. The van der Waals surface area contributed by atoms with Crippen LogP contribution in [-0.2, 0) is 26.2 Å². The van der Waals surface area contributed by atoms with E-state index in [2.05, 4.69) is 21.2 Å². The van der Waals surface area contributed by atoms with Crippen LogP contribution in [0.1, 0.15) is 19.4 Å². The minimum Gasteiger partial charge on any atom is -0.355 e. The molecule has 31 heavy (non-hydrogen) atoms.